The van der Waals surface area contributed by atoms with Crippen LogP contribution in [0.5, 0.6) is 0 Å². The molecule has 0 fully saturated rings. The van der Waals surface area contributed by atoms with Gasteiger partial charge >= 0.3 is 0 Å². The Morgan fingerprint density at radius 3 is 2.68 bits per heavy atom. The monoisotopic (exact) mass is 455 g/mol. The van der Waals surface area contributed by atoms with Gasteiger partial charge in [-0.25, -0.2) is 0 Å². The number of aliphatic imine (C=N–C) groups is 1. The number of nitrogens with one attached hydrogen (secondary N) is 1. The third kappa shape index (κ3) is 5.51. The Morgan fingerprint density at radius 2 is 2.11 bits per heavy atom. The number of guanidine groups is 1. The summed E-state index contributed by atoms with van der Waals surface area (Å²) in [6, 6.07) is 8.45. The van der Waals surface area contributed by atoms with Gasteiger partial charge in [0.2, 0.25) is 0 Å². The highest BCUT2D eigenvalue weighted by molar-refractivity contribution is 14.0. The fraction of sp³-hybridized carbons (Fsp3) is 0.462. The smallest absolute Gasteiger partial charge is 0.193 e. The first-order valence-electron chi connectivity index (χ1n) is 6.07. The highest BCUT2D eigenvalue weighted by atomic mass is 127. The summed E-state index contributed by atoms with van der Waals surface area (Å²) in [5.74, 6) is 1.03. The Hall–Kier alpha value is 0.0500. The Labute approximate surface area is 144 Å². The van der Waals surface area contributed by atoms with Crippen LogP contribution >= 0.6 is 51.7 Å². The zero-order valence-electron chi connectivity index (χ0n) is 11.1. The summed E-state index contributed by atoms with van der Waals surface area (Å²) < 4.78 is 1.12. The van der Waals surface area contributed by atoms with Gasteiger partial charge in [0.1, 0.15) is 0 Å². The van der Waals surface area contributed by atoms with Crippen molar-refractivity contribution in [3.8, 4) is 0 Å². The fourth-order valence-electron chi connectivity index (χ4n) is 1.75. The van der Waals surface area contributed by atoms with Gasteiger partial charge in [-0.2, -0.15) is 0 Å². The quantitative estimate of drug-likeness (QED) is 0.556. The van der Waals surface area contributed by atoms with Crippen LogP contribution in [0.2, 0.25) is 0 Å². The lowest BCUT2D eigenvalue weighted by Gasteiger charge is -2.18. The van der Waals surface area contributed by atoms with E-state index in [0.717, 1.165) is 30.1 Å². The third-order valence-corrected chi connectivity index (χ3v) is 4.40. The average Bonchev–Trinajstić information content (AvgIpc) is 2.75. The molecule has 0 saturated heterocycles. The van der Waals surface area contributed by atoms with Crippen molar-refractivity contribution in [3.05, 3.63) is 28.7 Å². The van der Waals surface area contributed by atoms with Crippen LogP contribution in [-0.4, -0.2) is 42.8 Å². The van der Waals surface area contributed by atoms with Crippen LogP contribution in [0.1, 0.15) is 6.92 Å². The molecule has 0 spiro atoms. The number of benzene rings is 1. The highest BCUT2D eigenvalue weighted by Crippen LogP contribution is 2.24. The van der Waals surface area contributed by atoms with Gasteiger partial charge in [0.05, 0.1) is 6.54 Å². The van der Waals surface area contributed by atoms with Crippen LogP contribution in [0.15, 0.2) is 38.6 Å². The maximum Gasteiger partial charge on any atom is 0.193 e. The number of hydrogen-bond acceptors (Lipinski definition) is 4. The molecule has 1 unspecified atom stereocenters. The number of likely N-dealkylation sites (N-methyl/N-ethyl adjacent to an activating group) is 1. The molecule has 0 bridgehead atoms. The molecule has 1 aromatic rings. The van der Waals surface area contributed by atoms with E-state index >= 15 is 0 Å². The van der Waals surface area contributed by atoms with E-state index in [0.29, 0.717) is 5.25 Å². The maximum absolute atomic E-state index is 4.42. The molecule has 0 radical (unpaired) electrons. The molecule has 0 aliphatic carbocycles. The molecule has 3 nitrogen and oxygen atoms in total. The van der Waals surface area contributed by atoms with Crippen molar-refractivity contribution in [2.24, 2.45) is 4.99 Å². The van der Waals surface area contributed by atoms with E-state index in [1.165, 1.54) is 4.90 Å². The van der Waals surface area contributed by atoms with Crippen LogP contribution in [0.4, 0.5) is 0 Å². The van der Waals surface area contributed by atoms with Crippen molar-refractivity contribution >= 4 is 57.6 Å². The highest BCUT2D eigenvalue weighted by Gasteiger charge is 2.13. The minimum Gasteiger partial charge on any atom is -0.355 e. The molecule has 0 aromatic heterocycles. The molecule has 1 aliphatic rings. The molecule has 1 N–H and O–H groups in total. The van der Waals surface area contributed by atoms with E-state index in [9.17, 15) is 0 Å². The first-order valence-corrected chi connectivity index (χ1v) is 7.74. The second-order valence-corrected chi connectivity index (χ2v) is 6.82. The normalized spacial score (nSPS) is 15.7. The molecule has 19 heavy (non-hydrogen) atoms. The van der Waals surface area contributed by atoms with E-state index in [-0.39, 0.29) is 24.0 Å². The number of rotatable bonds is 4. The minimum atomic E-state index is 0. The van der Waals surface area contributed by atoms with Crippen LogP contribution < -0.4 is 5.32 Å². The Bertz CT molecular complexity index is 424. The molecular weight excluding hydrogens is 437 g/mol. The predicted octanol–water partition coefficient (Wildman–Crippen LogP) is 3.44. The van der Waals surface area contributed by atoms with Gasteiger partial charge in [-0.1, -0.05) is 22.9 Å². The van der Waals surface area contributed by atoms with Gasteiger partial charge in [0.15, 0.2) is 5.96 Å². The minimum absolute atomic E-state index is 0. The zero-order valence-corrected chi connectivity index (χ0v) is 15.8. The molecule has 106 valence electrons. The Kier molecular flexibility index (Phi) is 7.53. The van der Waals surface area contributed by atoms with Gasteiger partial charge in [-0.05, 0) is 24.3 Å². The van der Waals surface area contributed by atoms with Crippen LogP contribution in [0, 0.1) is 0 Å². The zero-order chi connectivity index (χ0) is 13.0. The number of nitrogens with zero attached hydrogens (tertiary/aromatic N) is 2. The van der Waals surface area contributed by atoms with Crippen molar-refractivity contribution in [1.82, 2.24) is 10.2 Å². The lowest BCUT2D eigenvalue weighted by Crippen LogP contribution is -2.38. The third-order valence-electron chi connectivity index (χ3n) is 2.76. The van der Waals surface area contributed by atoms with E-state index in [4.69, 9.17) is 0 Å². The van der Waals surface area contributed by atoms with Gasteiger partial charge < -0.3 is 10.2 Å². The molecule has 1 atom stereocenters. The first kappa shape index (κ1) is 17.1. The molecule has 0 amide bonds. The summed E-state index contributed by atoms with van der Waals surface area (Å²) in [7, 11) is 2.07. The number of halogens is 2. The summed E-state index contributed by atoms with van der Waals surface area (Å²) in [6.07, 6.45) is 0. The molecule has 6 heteroatoms. The van der Waals surface area contributed by atoms with Crippen molar-refractivity contribution in [3.63, 3.8) is 0 Å². The standard InChI is InChI=1S/C13H18BrN3S.HI/c1-10(9-16-13-15-7-8-17(13)2)18-12-5-3-11(14)4-6-12;/h3-6,10H,7-9H2,1-2H3,(H,15,16);1H. The number of thioether (sulfide) groups is 1. The summed E-state index contributed by atoms with van der Waals surface area (Å²) in [6.45, 7) is 5.10. The van der Waals surface area contributed by atoms with Gasteiger partial charge in [-0.3, -0.25) is 4.99 Å². The van der Waals surface area contributed by atoms with Gasteiger partial charge in [-0.15, -0.1) is 35.7 Å². The summed E-state index contributed by atoms with van der Waals surface area (Å²) in [4.78, 5) is 7.89. The fourth-order valence-corrected chi connectivity index (χ4v) is 2.93. The maximum atomic E-state index is 4.42. The second kappa shape index (κ2) is 8.36. The molecule has 2 rings (SSSR count). The number of hydrogen-bond donors (Lipinski definition) is 1. The summed E-state index contributed by atoms with van der Waals surface area (Å²) in [5.41, 5.74) is 0. The SMILES string of the molecule is CC(CNC1=NCCN1C)Sc1ccc(Br)cc1.I. The van der Waals surface area contributed by atoms with Crippen molar-refractivity contribution in [2.45, 2.75) is 17.1 Å². The van der Waals surface area contributed by atoms with Crippen LogP contribution in [0.3, 0.4) is 0 Å². The first-order chi connectivity index (χ1) is 8.65. The van der Waals surface area contributed by atoms with Crippen molar-refractivity contribution in [2.75, 3.05) is 26.7 Å². The topological polar surface area (TPSA) is 27.6 Å². The Balaban J connectivity index is 0.00000180. The van der Waals surface area contributed by atoms with Gasteiger partial charge in [0.25, 0.3) is 0 Å². The van der Waals surface area contributed by atoms with Crippen molar-refractivity contribution < 1.29 is 0 Å². The summed E-state index contributed by atoms with van der Waals surface area (Å²) >= 11 is 5.33. The molecular formula is C13H19BrIN3S. The van der Waals surface area contributed by atoms with E-state index < -0.39 is 0 Å². The lowest BCUT2D eigenvalue weighted by molar-refractivity contribution is 0.534. The molecule has 1 aromatic carbocycles. The van der Waals surface area contributed by atoms with Gasteiger partial charge in [0, 0.05) is 34.8 Å². The average molecular weight is 456 g/mol. The molecule has 1 heterocycles. The molecule has 0 saturated carbocycles. The van der Waals surface area contributed by atoms with Crippen LogP contribution in [0.25, 0.3) is 0 Å². The van der Waals surface area contributed by atoms with Crippen LogP contribution in [-0.2, 0) is 0 Å². The Morgan fingerprint density at radius 1 is 1.42 bits per heavy atom. The summed E-state index contributed by atoms with van der Waals surface area (Å²) in [5, 5.41) is 3.93. The lowest BCUT2D eigenvalue weighted by atomic mass is 10.4. The van der Waals surface area contributed by atoms with E-state index in [2.05, 4.69) is 69.4 Å². The second-order valence-electron chi connectivity index (χ2n) is 4.39. The largest absolute Gasteiger partial charge is 0.355 e. The van der Waals surface area contributed by atoms with Crippen molar-refractivity contribution in [1.29, 1.82) is 0 Å². The predicted molar refractivity (Wildman–Crippen MR) is 97.8 cm³/mol. The van der Waals surface area contributed by atoms with E-state index in [1.54, 1.807) is 0 Å². The molecule has 1 aliphatic heterocycles. The van der Waals surface area contributed by atoms with E-state index in [1.807, 2.05) is 11.8 Å².